The van der Waals surface area contributed by atoms with Crippen LogP contribution in [0, 0.1) is 5.53 Å². The van der Waals surface area contributed by atoms with Crippen LogP contribution in [-0.4, -0.2) is 18.5 Å². The lowest BCUT2D eigenvalue weighted by Crippen LogP contribution is -2.07. The highest BCUT2D eigenvalue weighted by Crippen LogP contribution is 2.62. The van der Waals surface area contributed by atoms with Crippen LogP contribution >= 0.6 is 7.41 Å². The van der Waals surface area contributed by atoms with E-state index in [-0.39, 0.29) is 0 Å². The van der Waals surface area contributed by atoms with E-state index in [0.29, 0.717) is 0 Å². The molecular formula is C24H52N2P+. The van der Waals surface area contributed by atoms with Gasteiger partial charge in [-0.1, -0.05) is 97.8 Å². The summed E-state index contributed by atoms with van der Waals surface area (Å²) >= 11 is 0. The van der Waals surface area contributed by atoms with Gasteiger partial charge in [0.15, 0.2) is 7.41 Å². The van der Waals surface area contributed by atoms with Crippen molar-refractivity contribution in [3.05, 3.63) is 0 Å². The first kappa shape index (κ1) is 27.0. The maximum absolute atomic E-state index is 8.02. The average Bonchev–Trinajstić information content (AvgIpc) is 2.69. The fourth-order valence-corrected chi connectivity index (χ4v) is 7.45. The van der Waals surface area contributed by atoms with Crippen LogP contribution in [0.5, 0.6) is 0 Å². The largest absolute Gasteiger partial charge is 0.172 e. The smallest absolute Gasteiger partial charge is 0.156 e. The minimum atomic E-state index is -1.35. The fraction of sp³-hybridized carbons (Fsp3) is 1.00. The Hall–Kier alpha value is 0.0300. The molecular weight excluding hydrogens is 347 g/mol. The molecule has 2 nitrogen and oxygen atoms in total. The number of nitrogens with one attached hydrogen (secondary N) is 1. The molecule has 0 heterocycles. The highest BCUT2D eigenvalue weighted by atomic mass is 31.2. The van der Waals surface area contributed by atoms with E-state index in [1.165, 1.54) is 134 Å². The van der Waals surface area contributed by atoms with Crippen molar-refractivity contribution in [2.75, 3.05) is 18.5 Å². The van der Waals surface area contributed by atoms with Gasteiger partial charge in [0.2, 0.25) is 0 Å². The zero-order valence-corrected chi connectivity index (χ0v) is 20.1. The van der Waals surface area contributed by atoms with E-state index in [9.17, 15) is 0 Å². The second-order valence-corrected chi connectivity index (χ2v) is 12.4. The summed E-state index contributed by atoms with van der Waals surface area (Å²) in [5.41, 5.74) is 8.02. The third-order valence-corrected chi connectivity index (χ3v) is 9.87. The zero-order chi connectivity index (χ0) is 20.1. The van der Waals surface area contributed by atoms with Crippen molar-refractivity contribution < 1.29 is 0 Å². The van der Waals surface area contributed by atoms with E-state index < -0.39 is 7.41 Å². The summed E-state index contributed by atoms with van der Waals surface area (Å²) in [7, 11) is -1.35. The van der Waals surface area contributed by atoms with Gasteiger partial charge in [-0.15, -0.1) is 0 Å². The van der Waals surface area contributed by atoms with E-state index in [0.717, 1.165) is 0 Å². The molecule has 0 fully saturated rings. The highest BCUT2D eigenvalue weighted by molar-refractivity contribution is 7.74. The van der Waals surface area contributed by atoms with Gasteiger partial charge in [0.05, 0.1) is 18.5 Å². The number of hydrogen-bond donors (Lipinski definition) is 1. The predicted octanol–water partition coefficient (Wildman–Crippen LogP) is 10.0. The monoisotopic (exact) mass is 399 g/mol. The Labute approximate surface area is 173 Å². The molecule has 0 aromatic carbocycles. The predicted molar refractivity (Wildman–Crippen MR) is 127 cm³/mol. The molecule has 0 spiro atoms. The molecule has 0 saturated carbocycles. The van der Waals surface area contributed by atoms with Crippen LogP contribution in [0.15, 0.2) is 4.88 Å². The summed E-state index contributed by atoms with van der Waals surface area (Å²) in [5.74, 6) is 0. The Kier molecular flexibility index (Phi) is 20.8. The summed E-state index contributed by atoms with van der Waals surface area (Å²) in [6.45, 7) is 6.86. The fourth-order valence-electron chi connectivity index (χ4n) is 4.04. The second kappa shape index (κ2) is 20.8. The summed E-state index contributed by atoms with van der Waals surface area (Å²) in [4.78, 5) is 4.38. The first-order chi connectivity index (χ1) is 13.2. The molecule has 0 radical (unpaired) electrons. The van der Waals surface area contributed by atoms with Crippen molar-refractivity contribution in [2.24, 2.45) is 4.88 Å². The van der Waals surface area contributed by atoms with Crippen LogP contribution in [-0.2, 0) is 0 Å². The van der Waals surface area contributed by atoms with Crippen molar-refractivity contribution in [1.82, 2.24) is 0 Å². The first-order valence-electron chi connectivity index (χ1n) is 12.5. The van der Waals surface area contributed by atoms with Crippen LogP contribution in [0.3, 0.4) is 0 Å². The lowest BCUT2D eigenvalue weighted by atomic mass is 10.1. The minimum Gasteiger partial charge on any atom is -0.172 e. The topological polar surface area (TPSA) is 36.2 Å². The number of hydrogen-bond acceptors (Lipinski definition) is 2. The summed E-state index contributed by atoms with van der Waals surface area (Å²) in [6, 6.07) is 0. The van der Waals surface area contributed by atoms with Crippen molar-refractivity contribution in [2.45, 2.75) is 136 Å². The van der Waals surface area contributed by atoms with Crippen LogP contribution in [0.2, 0.25) is 0 Å². The van der Waals surface area contributed by atoms with Crippen molar-refractivity contribution >= 4 is 7.41 Å². The third kappa shape index (κ3) is 16.7. The van der Waals surface area contributed by atoms with E-state index >= 15 is 0 Å². The Bertz CT molecular complexity index is 266. The average molecular weight is 400 g/mol. The molecule has 0 aromatic rings. The van der Waals surface area contributed by atoms with Crippen molar-refractivity contribution in [3.63, 3.8) is 0 Å². The van der Waals surface area contributed by atoms with Gasteiger partial charge < -0.3 is 0 Å². The van der Waals surface area contributed by atoms with Gasteiger partial charge in [0.1, 0.15) is 0 Å². The van der Waals surface area contributed by atoms with Crippen LogP contribution < -0.4 is 0 Å². The SMILES string of the molecule is CCCCCCCC[P+](CCCCCCCC)(CCCCCCCC)N=N. The van der Waals surface area contributed by atoms with Gasteiger partial charge in [-0.3, -0.25) is 0 Å². The highest BCUT2D eigenvalue weighted by Gasteiger charge is 2.36. The molecule has 0 saturated heterocycles. The molecule has 3 heteroatoms. The number of nitrogens with zero attached hydrogens (tertiary/aromatic N) is 1. The molecule has 1 N–H and O–H groups in total. The molecule has 0 bridgehead atoms. The van der Waals surface area contributed by atoms with E-state index in [1.54, 1.807) is 0 Å². The Balaban J connectivity index is 4.25. The first-order valence-corrected chi connectivity index (χ1v) is 14.8. The Morgan fingerprint density at radius 3 is 0.963 bits per heavy atom. The molecule has 0 aromatic heterocycles. The quantitative estimate of drug-likeness (QED) is 0.107. The molecule has 0 aliphatic heterocycles. The van der Waals surface area contributed by atoms with Gasteiger partial charge in [-0.2, -0.15) is 5.53 Å². The molecule has 0 aliphatic carbocycles. The van der Waals surface area contributed by atoms with Gasteiger partial charge in [0.25, 0.3) is 0 Å². The normalized spacial score (nSPS) is 11.8. The molecule has 0 atom stereocenters. The minimum absolute atomic E-state index is 1.27. The molecule has 162 valence electrons. The van der Waals surface area contributed by atoms with E-state index in [4.69, 9.17) is 5.53 Å². The van der Waals surface area contributed by atoms with Crippen LogP contribution in [0.1, 0.15) is 136 Å². The standard InChI is InChI=1S/C24H52N2P/c1-4-7-10-13-16-19-22-27(26-25,23-20-17-14-11-8-5-2)24-21-18-15-12-9-6-3/h25H,4-24H2,1-3H3/q+1. The van der Waals surface area contributed by atoms with Crippen LogP contribution in [0.4, 0.5) is 0 Å². The van der Waals surface area contributed by atoms with E-state index in [1.807, 2.05) is 0 Å². The second-order valence-electron chi connectivity index (χ2n) is 8.67. The van der Waals surface area contributed by atoms with Crippen molar-refractivity contribution in [3.8, 4) is 0 Å². The number of rotatable bonds is 22. The third-order valence-electron chi connectivity index (χ3n) is 6.00. The maximum atomic E-state index is 8.02. The lowest BCUT2D eigenvalue weighted by Gasteiger charge is -2.20. The van der Waals surface area contributed by atoms with E-state index in [2.05, 4.69) is 25.7 Å². The molecule has 0 unspecified atom stereocenters. The Morgan fingerprint density at radius 1 is 0.444 bits per heavy atom. The summed E-state index contributed by atoms with van der Waals surface area (Å²) in [5, 5.41) is 0. The van der Waals surface area contributed by atoms with Gasteiger partial charge in [0, 0.05) is 0 Å². The van der Waals surface area contributed by atoms with Crippen LogP contribution in [0.25, 0.3) is 0 Å². The summed E-state index contributed by atoms with van der Waals surface area (Å²) < 4.78 is 0. The molecule has 0 aliphatic rings. The number of unbranched alkanes of at least 4 members (excludes halogenated alkanes) is 15. The molecule has 0 amide bonds. The van der Waals surface area contributed by atoms with Gasteiger partial charge in [-0.25, -0.2) is 0 Å². The lowest BCUT2D eigenvalue weighted by molar-refractivity contribution is 0.615. The van der Waals surface area contributed by atoms with Gasteiger partial charge in [-0.05, 0) is 43.4 Å². The zero-order valence-electron chi connectivity index (χ0n) is 19.2. The summed E-state index contributed by atoms with van der Waals surface area (Å²) in [6.07, 6.45) is 28.4. The Morgan fingerprint density at radius 2 is 0.704 bits per heavy atom. The molecule has 27 heavy (non-hydrogen) atoms. The van der Waals surface area contributed by atoms with Gasteiger partial charge >= 0.3 is 0 Å². The molecule has 0 rings (SSSR count). The van der Waals surface area contributed by atoms with Crippen molar-refractivity contribution in [1.29, 1.82) is 5.53 Å². The maximum Gasteiger partial charge on any atom is 0.156 e.